The van der Waals surface area contributed by atoms with Crippen LogP contribution in [0.4, 0.5) is 8.78 Å². The molecule has 8 heteroatoms. The Labute approximate surface area is 155 Å². The number of halogens is 2. The first kappa shape index (κ1) is 16.8. The van der Waals surface area contributed by atoms with Gasteiger partial charge in [0, 0.05) is 11.5 Å². The highest BCUT2D eigenvalue weighted by atomic mass is 19.2. The maximum atomic E-state index is 13.5. The summed E-state index contributed by atoms with van der Waals surface area (Å²) in [6.07, 6.45) is 6.79. The number of nitrogens with zero attached hydrogens (tertiary/aromatic N) is 4. The molecule has 4 aliphatic rings. The highest BCUT2D eigenvalue weighted by Gasteiger charge is 2.54. The SMILES string of the molecule is O=C(NCc1nnnn1-c1ccc(F)c(F)c1)C12CC3CC(CC(C3)C1)C2. The van der Waals surface area contributed by atoms with Gasteiger partial charge in [-0.05, 0) is 78.8 Å². The number of aromatic nitrogens is 4. The molecular weight excluding hydrogens is 352 g/mol. The molecule has 4 saturated carbocycles. The molecule has 1 aromatic heterocycles. The maximum Gasteiger partial charge on any atom is 0.226 e. The molecular formula is C19H21F2N5O. The van der Waals surface area contributed by atoms with Gasteiger partial charge in [-0.3, -0.25) is 4.79 Å². The lowest BCUT2D eigenvalue weighted by Crippen LogP contribution is -2.53. The number of carbonyl (C=O) groups is 1. The number of amides is 1. The minimum absolute atomic E-state index is 0.0847. The summed E-state index contributed by atoms with van der Waals surface area (Å²) < 4.78 is 28.0. The van der Waals surface area contributed by atoms with Crippen LogP contribution in [0.5, 0.6) is 0 Å². The molecule has 4 fully saturated rings. The van der Waals surface area contributed by atoms with E-state index in [0.29, 0.717) is 29.3 Å². The average Bonchev–Trinajstić information content (AvgIpc) is 3.09. The van der Waals surface area contributed by atoms with E-state index in [0.717, 1.165) is 31.4 Å². The lowest BCUT2D eigenvalue weighted by atomic mass is 9.49. The monoisotopic (exact) mass is 373 g/mol. The van der Waals surface area contributed by atoms with Crippen LogP contribution in [0.3, 0.4) is 0 Å². The minimum Gasteiger partial charge on any atom is -0.348 e. The van der Waals surface area contributed by atoms with E-state index in [1.54, 1.807) is 0 Å². The predicted octanol–water partition coefficient (Wildman–Crippen LogP) is 2.77. The van der Waals surface area contributed by atoms with Crippen LogP contribution in [0, 0.1) is 34.8 Å². The van der Waals surface area contributed by atoms with Crippen molar-refractivity contribution in [1.82, 2.24) is 25.5 Å². The Morgan fingerprint density at radius 1 is 1.11 bits per heavy atom. The van der Waals surface area contributed by atoms with E-state index >= 15 is 0 Å². The van der Waals surface area contributed by atoms with Gasteiger partial charge in [0.15, 0.2) is 17.5 Å². The third-order valence-corrected chi connectivity index (χ3v) is 6.61. The smallest absolute Gasteiger partial charge is 0.226 e. The predicted molar refractivity (Wildman–Crippen MR) is 91.5 cm³/mol. The fourth-order valence-electron chi connectivity index (χ4n) is 5.87. The summed E-state index contributed by atoms with van der Waals surface area (Å²) in [5, 5.41) is 14.4. The van der Waals surface area contributed by atoms with Gasteiger partial charge in [-0.1, -0.05) is 0 Å². The molecule has 27 heavy (non-hydrogen) atoms. The second kappa shape index (κ2) is 6.07. The van der Waals surface area contributed by atoms with E-state index in [1.807, 2.05) is 0 Å². The molecule has 4 bridgehead atoms. The zero-order valence-electron chi connectivity index (χ0n) is 14.9. The molecule has 1 heterocycles. The van der Waals surface area contributed by atoms with Crippen LogP contribution in [0.1, 0.15) is 44.3 Å². The van der Waals surface area contributed by atoms with E-state index < -0.39 is 11.6 Å². The van der Waals surface area contributed by atoms with Gasteiger partial charge in [-0.15, -0.1) is 5.10 Å². The van der Waals surface area contributed by atoms with Crippen molar-refractivity contribution >= 4 is 5.91 Å². The van der Waals surface area contributed by atoms with Crippen LogP contribution in [0.15, 0.2) is 18.2 Å². The highest BCUT2D eigenvalue weighted by Crippen LogP contribution is 2.60. The molecule has 0 unspecified atom stereocenters. The van der Waals surface area contributed by atoms with E-state index in [9.17, 15) is 13.6 Å². The van der Waals surface area contributed by atoms with Gasteiger partial charge in [0.25, 0.3) is 0 Å². The molecule has 0 aliphatic heterocycles. The van der Waals surface area contributed by atoms with Gasteiger partial charge in [0.1, 0.15) is 0 Å². The topological polar surface area (TPSA) is 72.7 Å². The number of hydrogen-bond acceptors (Lipinski definition) is 4. The molecule has 4 aliphatic carbocycles. The summed E-state index contributed by atoms with van der Waals surface area (Å²) in [6.45, 7) is 0.159. The molecule has 0 radical (unpaired) electrons. The van der Waals surface area contributed by atoms with E-state index in [4.69, 9.17) is 0 Å². The Balaban J connectivity index is 1.32. The fraction of sp³-hybridized carbons (Fsp3) is 0.579. The van der Waals surface area contributed by atoms with Gasteiger partial charge in [0.05, 0.1) is 12.2 Å². The lowest BCUT2D eigenvalue weighted by molar-refractivity contribution is -0.146. The third-order valence-electron chi connectivity index (χ3n) is 6.61. The molecule has 1 aromatic carbocycles. The quantitative estimate of drug-likeness (QED) is 0.895. The van der Waals surface area contributed by atoms with Crippen LogP contribution < -0.4 is 5.32 Å². The normalized spacial score (nSPS) is 31.3. The van der Waals surface area contributed by atoms with Crippen molar-refractivity contribution < 1.29 is 13.6 Å². The van der Waals surface area contributed by atoms with E-state index in [1.165, 1.54) is 30.0 Å². The van der Waals surface area contributed by atoms with Crippen molar-refractivity contribution in [2.75, 3.05) is 0 Å². The van der Waals surface area contributed by atoms with Gasteiger partial charge < -0.3 is 5.32 Å². The van der Waals surface area contributed by atoms with Crippen LogP contribution in [0.25, 0.3) is 5.69 Å². The molecule has 1 amide bonds. The summed E-state index contributed by atoms with van der Waals surface area (Å²) >= 11 is 0. The first-order valence-electron chi connectivity index (χ1n) is 9.53. The standard InChI is InChI=1S/C19H21F2N5O/c20-15-2-1-14(6-16(15)21)26-17(23-24-25-26)10-22-18(27)19-7-11-3-12(8-19)5-13(4-11)9-19/h1-2,6,11-13H,3-5,7-10H2,(H,22,27). The Hall–Kier alpha value is -2.38. The number of nitrogens with one attached hydrogen (secondary N) is 1. The van der Waals surface area contributed by atoms with Crippen LogP contribution in [-0.4, -0.2) is 26.1 Å². The van der Waals surface area contributed by atoms with Gasteiger partial charge in [-0.25, -0.2) is 8.78 Å². The number of hydrogen-bond donors (Lipinski definition) is 1. The zero-order chi connectivity index (χ0) is 18.6. The lowest BCUT2D eigenvalue weighted by Gasteiger charge is -2.55. The maximum absolute atomic E-state index is 13.5. The van der Waals surface area contributed by atoms with Crippen molar-refractivity contribution in [2.24, 2.45) is 23.2 Å². The Bertz CT molecular complexity index is 861. The van der Waals surface area contributed by atoms with Crippen molar-refractivity contribution in [3.8, 4) is 5.69 Å². The molecule has 142 valence electrons. The van der Waals surface area contributed by atoms with Crippen molar-refractivity contribution in [1.29, 1.82) is 0 Å². The largest absolute Gasteiger partial charge is 0.348 e. The zero-order valence-corrected chi connectivity index (χ0v) is 14.9. The summed E-state index contributed by atoms with van der Waals surface area (Å²) in [5.41, 5.74) is 0.0765. The first-order chi connectivity index (χ1) is 13.0. The van der Waals surface area contributed by atoms with E-state index in [2.05, 4.69) is 20.8 Å². The van der Waals surface area contributed by atoms with Gasteiger partial charge in [0.2, 0.25) is 5.91 Å². The van der Waals surface area contributed by atoms with Crippen molar-refractivity contribution in [2.45, 2.75) is 45.1 Å². The van der Waals surface area contributed by atoms with Crippen molar-refractivity contribution in [3.05, 3.63) is 35.7 Å². The fourth-order valence-corrected chi connectivity index (χ4v) is 5.87. The van der Waals surface area contributed by atoms with E-state index in [-0.39, 0.29) is 17.9 Å². The number of tetrazole rings is 1. The Morgan fingerprint density at radius 3 is 2.41 bits per heavy atom. The molecule has 0 saturated heterocycles. The second-order valence-corrected chi connectivity index (χ2v) is 8.49. The molecule has 1 N–H and O–H groups in total. The van der Waals surface area contributed by atoms with Gasteiger partial charge >= 0.3 is 0 Å². The molecule has 0 atom stereocenters. The second-order valence-electron chi connectivity index (χ2n) is 8.49. The highest BCUT2D eigenvalue weighted by molar-refractivity contribution is 5.83. The van der Waals surface area contributed by atoms with Crippen LogP contribution >= 0.6 is 0 Å². The summed E-state index contributed by atoms with van der Waals surface area (Å²) in [6, 6.07) is 3.47. The molecule has 0 spiro atoms. The number of benzene rings is 1. The molecule has 2 aromatic rings. The minimum atomic E-state index is -0.966. The number of rotatable bonds is 4. The molecule has 6 rings (SSSR count). The van der Waals surface area contributed by atoms with Crippen molar-refractivity contribution in [3.63, 3.8) is 0 Å². The van der Waals surface area contributed by atoms with Crippen LogP contribution in [-0.2, 0) is 11.3 Å². The summed E-state index contributed by atoms with van der Waals surface area (Å²) in [5.74, 6) is 0.647. The third kappa shape index (κ3) is 2.82. The summed E-state index contributed by atoms with van der Waals surface area (Å²) in [4.78, 5) is 13.0. The van der Waals surface area contributed by atoms with Gasteiger partial charge in [-0.2, -0.15) is 4.68 Å². The summed E-state index contributed by atoms with van der Waals surface area (Å²) in [7, 11) is 0. The average molecular weight is 373 g/mol. The Morgan fingerprint density at radius 2 is 1.78 bits per heavy atom. The van der Waals surface area contributed by atoms with Crippen LogP contribution in [0.2, 0.25) is 0 Å². The Kier molecular flexibility index (Phi) is 3.77. The number of carbonyl (C=O) groups excluding carboxylic acids is 1. The first-order valence-corrected chi connectivity index (χ1v) is 9.53. The molecule has 6 nitrogen and oxygen atoms in total.